The molecule has 0 N–H and O–H groups in total. The van der Waals surface area contributed by atoms with Gasteiger partial charge in [0, 0.05) is 34.4 Å². The number of carbonyl (C=O) groups excluding carboxylic acids is 1. The summed E-state index contributed by atoms with van der Waals surface area (Å²) in [4.78, 5) is 20.8. The number of fused-ring (bicyclic) bond motifs is 2. The first-order valence-electron chi connectivity index (χ1n) is 14.0. The van der Waals surface area contributed by atoms with Crippen molar-refractivity contribution in [2.75, 3.05) is 13.7 Å². The van der Waals surface area contributed by atoms with Crippen LogP contribution in [0.25, 0.3) is 22.4 Å². The van der Waals surface area contributed by atoms with E-state index >= 15 is 4.39 Å². The minimum atomic E-state index is -0.401. The highest BCUT2D eigenvalue weighted by atomic mass is 19.1. The number of ether oxygens (including phenoxy) is 3. The van der Waals surface area contributed by atoms with Gasteiger partial charge in [-0.05, 0) is 98.7 Å². The smallest absolute Gasteiger partial charge is 0.306 e. The van der Waals surface area contributed by atoms with Gasteiger partial charge in [-0.1, -0.05) is 12.1 Å². The largest absolute Gasteiger partial charge is 0.492 e. The molecule has 0 saturated carbocycles. The molecule has 1 aromatic heterocycles. The van der Waals surface area contributed by atoms with E-state index in [1.54, 1.807) is 6.07 Å². The van der Waals surface area contributed by atoms with E-state index in [1.807, 2.05) is 44.2 Å². The number of hydrogen-bond donors (Lipinski definition) is 0. The molecule has 0 fully saturated rings. The number of nitrogens with zero attached hydrogens (tertiary/aromatic N) is 2. The summed E-state index contributed by atoms with van der Waals surface area (Å²) >= 11 is 0. The number of carbonyl (C=O) groups is 1. The van der Waals surface area contributed by atoms with Crippen molar-refractivity contribution in [3.05, 3.63) is 93.7 Å². The Morgan fingerprint density at radius 1 is 1.02 bits per heavy atom. The average Bonchev–Trinajstić information content (AvgIpc) is 3.53. The van der Waals surface area contributed by atoms with E-state index in [0.29, 0.717) is 30.1 Å². The van der Waals surface area contributed by atoms with Crippen molar-refractivity contribution in [2.45, 2.75) is 59.0 Å². The Hall–Kier alpha value is -4.26. The molecule has 0 saturated heterocycles. The molecule has 3 aromatic carbocycles. The maximum Gasteiger partial charge on any atom is 0.306 e. The molecule has 210 valence electrons. The van der Waals surface area contributed by atoms with E-state index in [-0.39, 0.29) is 24.1 Å². The molecule has 2 aliphatic rings. The monoisotopic (exact) mass is 552 g/mol. The van der Waals surface area contributed by atoms with Gasteiger partial charge in [-0.2, -0.15) is 0 Å². The summed E-state index contributed by atoms with van der Waals surface area (Å²) in [5.41, 5.74) is 9.87. The lowest BCUT2D eigenvalue weighted by atomic mass is 9.88. The molecule has 1 aliphatic carbocycles. The molecule has 4 aromatic rings. The Balaban J connectivity index is 1.30. The molecule has 0 spiro atoms. The SMILES string of the molecule is COC(=O)C[C@@H]1COc2cc(O[C@@H]3CCc4c(-c5c(C)cc(-c6cc(C)nc(C)n6)cc5C)ccc(F)c43)ccc21. The molecule has 41 heavy (non-hydrogen) atoms. The standard InChI is InChI=1S/C34H33FN2O4/c1-18-12-22(29-14-20(3)36-21(4)37-29)13-19(2)33(18)26-8-10-28(35)34-27(26)9-11-30(34)41-24-6-7-25-23(15-32(38)39-5)17-40-31(25)16-24/h6-8,10,12-14,16,23,30H,9,11,15,17H2,1-5H3/t23-,30-/m1/s1. The summed E-state index contributed by atoms with van der Waals surface area (Å²) in [6, 6.07) is 15.4. The molecule has 6 rings (SSSR count). The highest BCUT2D eigenvalue weighted by molar-refractivity contribution is 5.79. The average molecular weight is 553 g/mol. The van der Waals surface area contributed by atoms with Gasteiger partial charge in [0.25, 0.3) is 0 Å². The number of esters is 1. The van der Waals surface area contributed by atoms with Crippen molar-refractivity contribution in [3.63, 3.8) is 0 Å². The van der Waals surface area contributed by atoms with Crippen LogP contribution in [0.5, 0.6) is 11.5 Å². The highest BCUT2D eigenvalue weighted by Crippen LogP contribution is 2.45. The fourth-order valence-electron chi connectivity index (χ4n) is 6.37. The lowest BCUT2D eigenvalue weighted by Gasteiger charge is -2.19. The van der Waals surface area contributed by atoms with E-state index in [1.165, 1.54) is 7.11 Å². The molecular formula is C34H33FN2O4. The van der Waals surface area contributed by atoms with E-state index in [2.05, 4.69) is 35.9 Å². The first-order valence-corrected chi connectivity index (χ1v) is 14.0. The number of methoxy groups -OCH3 is 1. The summed E-state index contributed by atoms with van der Waals surface area (Å²) in [6.45, 7) is 8.51. The van der Waals surface area contributed by atoms with Gasteiger partial charge in [-0.3, -0.25) is 4.79 Å². The van der Waals surface area contributed by atoms with Gasteiger partial charge < -0.3 is 14.2 Å². The third-order valence-corrected chi connectivity index (χ3v) is 8.13. The predicted octanol–water partition coefficient (Wildman–Crippen LogP) is 7.29. The molecule has 0 unspecified atom stereocenters. The van der Waals surface area contributed by atoms with Crippen molar-refractivity contribution in [2.24, 2.45) is 0 Å². The summed E-state index contributed by atoms with van der Waals surface area (Å²) in [5, 5.41) is 0. The number of aromatic nitrogens is 2. The van der Waals surface area contributed by atoms with Crippen molar-refractivity contribution in [1.82, 2.24) is 9.97 Å². The Kier molecular flexibility index (Phi) is 6.98. The maximum absolute atomic E-state index is 15.4. The van der Waals surface area contributed by atoms with Crippen LogP contribution >= 0.6 is 0 Å². The van der Waals surface area contributed by atoms with E-state index in [9.17, 15) is 4.79 Å². The van der Waals surface area contributed by atoms with Gasteiger partial charge in [0.15, 0.2) is 0 Å². The Morgan fingerprint density at radius 3 is 2.54 bits per heavy atom. The van der Waals surface area contributed by atoms with Crippen molar-refractivity contribution in [3.8, 4) is 33.9 Å². The maximum atomic E-state index is 15.4. The molecule has 0 amide bonds. The van der Waals surface area contributed by atoms with Gasteiger partial charge >= 0.3 is 5.97 Å². The van der Waals surface area contributed by atoms with Crippen LogP contribution in [0.4, 0.5) is 4.39 Å². The second-order valence-electron chi connectivity index (χ2n) is 11.0. The van der Waals surface area contributed by atoms with Crippen LogP contribution in [0.15, 0.2) is 48.5 Å². The van der Waals surface area contributed by atoms with Crippen LogP contribution in [-0.4, -0.2) is 29.7 Å². The van der Waals surface area contributed by atoms with Gasteiger partial charge in [-0.15, -0.1) is 0 Å². The van der Waals surface area contributed by atoms with Crippen molar-refractivity contribution < 1.29 is 23.4 Å². The zero-order chi connectivity index (χ0) is 28.8. The minimum absolute atomic E-state index is 0.0426. The van der Waals surface area contributed by atoms with E-state index in [0.717, 1.165) is 62.6 Å². The molecule has 7 heteroatoms. The molecule has 2 atom stereocenters. The van der Waals surface area contributed by atoms with Crippen LogP contribution in [0, 0.1) is 33.5 Å². The fourth-order valence-corrected chi connectivity index (χ4v) is 6.37. The summed E-state index contributed by atoms with van der Waals surface area (Å²) in [5.74, 6) is 1.51. The third kappa shape index (κ3) is 5.05. The Morgan fingerprint density at radius 2 is 1.80 bits per heavy atom. The number of halogens is 1. The lowest BCUT2D eigenvalue weighted by Crippen LogP contribution is -2.09. The summed E-state index contributed by atoms with van der Waals surface area (Å²) in [6.07, 6.45) is 1.27. The Bertz CT molecular complexity index is 1640. The van der Waals surface area contributed by atoms with Crippen LogP contribution in [0.2, 0.25) is 0 Å². The quantitative estimate of drug-likeness (QED) is 0.234. The van der Waals surface area contributed by atoms with Gasteiger partial charge in [0.05, 0.1) is 25.8 Å². The Labute approximate surface area is 239 Å². The normalized spacial score (nSPS) is 17.1. The third-order valence-electron chi connectivity index (χ3n) is 8.13. The highest BCUT2D eigenvalue weighted by Gasteiger charge is 2.32. The van der Waals surface area contributed by atoms with Crippen LogP contribution < -0.4 is 9.47 Å². The van der Waals surface area contributed by atoms with Gasteiger partial charge in [-0.25, -0.2) is 14.4 Å². The van der Waals surface area contributed by atoms with E-state index < -0.39 is 6.10 Å². The zero-order valence-corrected chi connectivity index (χ0v) is 24.0. The minimum Gasteiger partial charge on any atom is -0.492 e. The number of hydrogen-bond acceptors (Lipinski definition) is 6. The second kappa shape index (κ2) is 10.6. The first-order chi connectivity index (χ1) is 19.7. The van der Waals surface area contributed by atoms with Gasteiger partial charge in [0.2, 0.25) is 0 Å². The fraction of sp³-hybridized carbons (Fsp3) is 0.324. The van der Waals surface area contributed by atoms with Crippen LogP contribution in [-0.2, 0) is 16.0 Å². The second-order valence-corrected chi connectivity index (χ2v) is 11.0. The first kappa shape index (κ1) is 26.9. The predicted molar refractivity (Wildman–Crippen MR) is 155 cm³/mol. The van der Waals surface area contributed by atoms with Crippen LogP contribution in [0.3, 0.4) is 0 Å². The van der Waals surface area contributed by atoms with E-state index in [4.69, 9.17) is 14.2 Å². The molecule has 0 radical (unpaired) electrons. The molecule has 6 nitrogen and oxygen atoms in total. The lowest BCUT2D eigenvalue weighted by molar-refractivity contribution is -0.141. The molecule has 1 aliphatic heterocycles. The summed E-state index contributed by atoms with van der Waals surface area (Å²) in [7, 11) is 1.39. The van der Waals surface area contributed by atoms with Crippen LogP contribution in [0.1, 0.15) is 64.2 Å². The summed E-state index contributed by atoms with van der Waals surface area (Å²) < 4.78 is 32.4. The number of aryl methyl sites for hydroxylation is 4. The zero-order valence-electron chi connectivity index (χ0n) is 24.0. The molecular weight excluding hydrogens is 519 g/mol. The van der Waals surface area contributed by atoms with Gasteiger partial charge in [0.1, 0.15) is 29.2 Å². The topological polar surface area (TPSA) is 70.5 Å². The van der Waals surface area contributed by atoms with Crippen molar-refractivity contribution in [1.29, 1.82) is 0 Å². The molecule has 0 bridgehead atoms. The number of rotatable bonds is 6. The van der Waals surface area contributed by atoms with Crippen molar-refractivity contribution >= 4 is 5.97 Å². The molecule has 2 heterocycles. The number of benzene rings is 3.